The molecule has 0 N–H and O–H groups in total. The van der Waals surface area contributed by atoms with Gasteiger partial charge in [0, 0.05) is 6.54 Å². The van der Waals surface area contributed by atoms with Crippen molar-refractivity contribution in [1.29, 1.82) is 0 Å². The Hall–Kier alpha value is -1.31. The van der Waals surface area contributed by atoms with Gasteiger partial charge in [0.1, 0.15) is 0 Å². The average molecular weight is 260 g/mol. The SMILES string of the molecule is CC(C)=CCC/C(C)=C/c1cncn1CCC(C)C. The number of imidazole rings is 1. The molecule has 0 aliphatic heterocycles. The van der Waals surface area contributed by atoms with E-state index in [9.17, 15) is 0 Å². The first-order valence-corrected chi connectivity index (χ1v) is 7.29. The first-order chi connectivity index (χ1) is 8.99. The van der Waals surface area contributed by atoms with E-state index >= 15 is 0 Å². The van der Waals surface area contributed by atoms with Gasteiger partial charge in [-0.05, 0) is 52.0 Å². The number of rotatable bonds is 7. The largest absolute Gasteiger partial charge is 0.331 e. The summed E-state index contributed by atoms with van der Waals surface area (Å²) in [5.41, 5.74) is 4.05. The highest BCUT2D eigenvalue weighted by atomic mass is 15.0. The van der Waals surface area contributed by atoms with Crippen molar-refractivity contribution in [3.8, 4) is 0 Å². The van der Waals surface area contributed by atoms with Gasteiger partial charge in [0.15, 0.2) is 0 Å². The third kappa shape index (κ3) is 6.42. The molecule has 0 aliphatic rings. The maximum atomic E-state index is 4.27. The molecule has 0 aromatic carbocycles. The van der Waals surface area contributed by atoms with Crippen molar-refractivity contribution in [2.45, 2.75) is 60.4 Å². The van der Waals surface area contributed by atoms with E-state index in [1.807, 2.05) is 12.5 Å². The Morgan fingerprint density at radius 1 is 1.32 bits per heavy atom. The summed E-state index contributed by atoms with van der Waals surface area (Å²) in [6.07, 6.45) is 11.9. The molecule has 19 heavy (non-hydrogen) atoms. The predicted octanol–water partition coefficient (Wildman–Crippen LogP) is 5.08. The Kier molecular flexibility index (Phi) is 6.61. The molecule has 0 bridgehead atoms. The maximum Gasteiger partial charge on any atom is 0.0950 e. The molecule has 106 valence electrons. The zero-order valence-corrected chi connectivity index (χ0v) is 13.1. The summed E-state index contributed by atoms with van der Waals surface area (Å²) >= 11 is 0. The molecule has 1 rings (SSSR count). The van der Waals surface area contributed by atoms with Crippen molar-refractivity contribution in [3.63, 3.8) is 0 Å². The smallest absolute Gasteiger partial charge is 0.0950 e. The van der Waals surface area contributed by atoms with E-state index in [4.69, 9.17) is 0 Å². The zero-order valence-electron chi connectivity index (χ0n) is 13.1. The molecule has 0 amide bonds. The Labute approximate surface area is 118 Å². The Morgan fingerprint density at radius 3 is 2.68 bits per heavy atom. The fourth-order valence-corrected chi connectivity index (χ4v) is 1.95. The van der Waals surface area contributed by atoms with E-state index in [-0.39, 0.29) is 0 Å². The zero-order chi connectivity index (χ0) is 14.3. The van der Waals surface area contributed by atoms with Crippen molar-refractivity contribution in [1.82, 2.24) is 9.55 Å². The lowest BCUT2D eigenvalue weighted by Gasteiger charge is -2.08. The van der Waals surface area contributed by atoms with E-state index < -0.39 is 0 Å². The lowest BCUT2D eigenvalue weighted by atomic mass is 10.1. The summed E-state index contributed by atoms with van der Waals surface area (Å²) in [5, 5.41) is 0. The first-order valence-electron chi connectivity index (χ1n) is 7.29. The molecule has 0 saturated heterocycles. The summed E-state index contributed by atoms with van der Waals surface area (Å²) in [7, 11) is 0. The van der Waals surface area contributed by atoms with Crippen LogP contribution in [0.4, 0.5) is 0 Å². The van der Waals surface area contributed by atoms with E-state index in [2.05, 4.69) is 56.3 Å². The fourth-order valence-electron chi connectivity index (χ4n) is 1.95. The van der Waals surface area contributed by atoms with Crippen molar-refractivity contribution in [2.75, 3.05) is 0 Å². The van der Waals surface area contributed by atoms with Crippen molar-refractivity contribution in [2.24, 2.45) is 5.92 Å². The number of allylic oxidation sites excluding steroid dienone is 3. The van der Waals surface area contributed by atoms with Crippen LogP contribution in [0.5, 0.6) is 0 Å². The molecule has 0 unspecified atom stereocenters. The number of hydrogen-bond donors (Lipinski definition) is 0. The van der Waals surface area contributed by atoms with Crippen molar-refractivity contribution in [3.05, 3.63) is 35.4 Å². The predicted molar refractivity (Wildman–Crippen MR) is 84.0 cm³/mol. The molecule has 0 atom stereocenters. The van der Waals surface area contributed by atoms with Gasteiger partial charge in [0.25, 0.3) is 0 Å². The van der Waals surface area contributed by atoms with Crippen molar-refractivity contribution >= 4 is 6.08 Å². The summed E-state index contributed by atoms with van der Waals surface area (Å²) in [5.74, 6) is 0.734. The molecule has 2 nitrogen and oxygen atoms in total. The monoisotopic (exact) mass is 260 g/mol. The van der Waals surface area contributed by atoms with E-state index in [0.29, 0.717) is 0 Å². The second-order valence-electron chi connectivity index (χ2n) is 6.01. The number of nitrogens with zero attached hydrogens (tertiary/aromatic N) is 2. The summed E-state index contributed by atoms with van der Waals surface area (Å²) in [6.45, 7) is 12.1. The maximum absolute atomic E-state index is 4.27. The summed E-state index contributed by atoms with van der Waals surface area (Å²) in [6, 6.07) is 0. The van der Waals surface area contributed by atoms with Gasteiger partial charge < -0.3 is 4.57 Å². The molecular weight excluding hydrogens is 232 g/mol. The van der Waals surface area contributed by atoms with Crippen LogP contribution < -0.4 is 0 Å². The van der Waals surface area contributed by atoms with E-state index in [0.717, 1.165) is 25.3 Å². The van der Waals surface area contributed by atoms with Gasteiger partial charge in [-0.15, -0.1) is 0 Å². The third-order valence-electron chi connectivity index (χ3n) is 3.18. The average Bonchev–Trinajstić information content (AvgIpc) is 2.73. The number of aromatic nitrogens is 2. The number of hydrogen-bond acceptors (Lipinski definition) is 1. The van der Waals surface area contributed by atoms with Crippen LogP contribution >= 0.6 is 0 Å². The van der Waals surface area contributed by atoms with Gasteiger partial charge in [0.05, 0.1) is 18.2 Å². The van der Waals surface area contributed by atoms with Crippen LogP contribution in [0.15, 0.2) is 29.7 Å². The van der Waals surface area contributed by atoms with Crippen LogP contribution in [0.2, 0.25) is 0 Å². The molecule has 1 heterocycles. The second-order valence-corrected chi connectivity index (χ2v) is 6.01. The molecule has 2 heteroatoms. The molecule has 0 fully saturated rings. The Balaban J connectivity index is 2.59. The minimum absolute atomic E-state index is 0.734. The number of aryl methyl sites for hydroxylation is 1. The van der Waals surface area contributed by atoms with Gasteiger partial charge in [-0.1, -0.05) is 31.1 Å². The van der Waals surface area contributed by atoms with Crippen LogP contribution in [0.3, 0.4) is 0 Å². The van der Waals surface area contributed by atoms with Gasteiger partial charge in [0.2, 0.25) is 0 Å². The molecule has 0 aliphatic carbocycles. The third-order valence-corrected chi connectivity index (χ3v) is 3.18. The molecule has 0 saturated carbocycles. The van der Waals surface area contributed by atoms with Crippen LogP contribution in [0, 0.1) is 5.92 Å². The molecule has 1 aromatic heterocycles. The van der Waals surface area contributed by atoms with Gasteiger partial charge in [-0.3, -0.25) is 0 Å². The first kappa shape index (κ1) is 15.7. The van der Waals surface area contributed by atoms with E-state index in [1.165, 1.54) is 23.3 Å². The topological polar surface area (TPSA) is 17.8 Å². The Bertz CT molecular complexity index is 432. The highest BCUT2D eigenvalue weighted by molar-refractivity contribution is 5.47. The minimum Gasteiger partial charge on any atom is -0.331 e. The van der Waals surface area contributed by atoms with Crippen LogP contribution in [-0.4, -0.2) is 9.55 Å². The van der Waals surface area contributed by atoms with Crippen LogP contribution in [-0.2, 0) is 6.54 Å². The highest BCUT2D eigenvalue weighted by Gasteiger charge is 2.01. The molecule has 1 aromatic rings. The lowest BCUT2D eigenvalue weighted by Crippen LogP contribution is -2.02. The van der Waals surface area contributed by atoms with Gasteiger partial charge in [-0.25, -0.2) is 4.98 Å². The van der Waals surface area contributed by atoms with Gasteiger partial charge in [-0.2, -0.15) is 0 Å². The normalized spacial score (nSPS) is 12.0. The van der Waals surface area contributed by atoms with Crippen LogP contribution in [0.25, 0.3) is 6.08 Å². The second kappa shape index (κ2) is 7.98. The molecule has 0 radical (unpaired) electrons. The summed E-state index contributed by atoms with van der Waals surface area (Å²) in [4.78, 5) is 4.27. The quantitative estimate of drug-likeness (QED) is 0.625. The summed E-state index contributed by atoms with van der Waals surface area (Å²) < 4.78 is 2.25. The fraction of sp³-hybridized carbons (Fsp3) is 0.588. The van der Waals surface area contributed by atoms with E-state index in [1.54, 1.807) is 0 Å². The minimum atomic E-state index is 0.734. The van der Waals surface area contributed by atoms with Gasteiger partial charge >= 0.3 is 0 Å². The standard InChI is InChI=1S/C17H28N2/c1-14(2)7-6-8-16(5)11-17-12-18-13-19(17)10-9-15(3)4/h7,11-13,15H,6,8-10H2,1-5H3/b16-11+. The lowest BCUT2D eigenvalue weighted by molar-refractivity contribution is 0.514. The molecule has 0 spiro atoms. The van der Waals surface area contributed by atoms with Crippen molar-refractivity contribution < 1.29 is 0 Å². The molecular formula is C17H28N2. The highest BCUT2D eigenvalue weighted by Crippen LogP contribution is 2.13. The van der Waals surface area contributed by atoms with Crippen LogP contribution in [0.1, 0.15) is 59.6 Å². The Morgan fingerprint density at radius 2 is 2.05 bits per heavy atom.